The fourth-order valence-corrected chi connectivity index (χ4v) is 3.44. The lowest BCUT2D eigenvalue weighted by molar-refractivity contribution is -0.120. The molecule has 0 radical (unpaired) electrons. The van der Waals surface area contributed by atoms with Gasteiger partial charge in [-0.15, -0.1) is 0 Å². The lowest BCUT2D eigenvalue weighted by Gasteiger charge is -2.35. The van der Waals surface area contributed by atoms with E-state index >= 15 is 0 Å². The van der Waals surface area contributed by atoms with E-state index in [1.165, 1.54) is 0 Å². The van der Waals surface area contributed by atoms with E-state index < -0.39 is 0 Å². The second-order valence-corrected chi connectivity index (χ2v) is 6.94. The largest absolute Gasteiger partial charge is 0.357 e. The Morgan fingerprint density at radius 1 is 1.24 bits per heavy atom. The van der Waals surface area contributed by atoms with Crippen LogP contribution < -0.4 is 15.1 Å². The number of amides is 1. The molecule has 1 aliphatic rings. The molecule has 1 saturated heterocycles. The molecule has 1 N–H and O–H groups in total. The van der Waals surface area contributed by atoms with Gasteiger partial charge in [-0.3, -0.25) is 14.5 Å². The number of hydrogen-bond donors (Lipinski definition) is 1. The van der Waals surface area contributed by atoms with E-state index in [4.69, 9.17) is 0 Å². The van der Waals surface area contributed by atoms with Crippen molar-refractivity contribution in [3.63, 3.8) is 0 Å². The van der Waals surface area contributed by atoms with E-state index in [-0.39, 0.29) is 12.5 Å². The standard InChI is InChI=1S/C20H30N8O/c1-5-26(6-2)18-8-7-16(11-22-18)12-23-20(21-3)27-9-10-28(19(29)15-27)17-13-24-25(4)14-17/h7-8,11,13-14H,5-6,9-10,12,15H2,1-4H3,(H,21,23). The number of carbonyl (C=O) groups excluding carboxylic acids is 1. The number of aliphatic imine (C=N–C) groups is 1. The van der Waals surface area contributed by atoms with Crippen LogP contribution in [-0.4, -0.2) is 71.3 Å². The summed E-state index contributed by atoms with van der Waals surface area (Å²) in [6, 6.07) is 4.12. The first kappa shape index (κ1) is 20.6. The minimum absolute atomic E-state index is 0.0393. The maximum absolute atomic E-state index is 12.6. The molecule has 2 aromatic rings. The maximum Gasteiger partial charge on any atom is 0.246 e. The summed E-state index contributed by atoms with van der Waals surface area (Å²) < 4.78 is 1.70. The van der Waals surface area contributed by atoms with E-state index in [0.717, 1.165) is 36.1 Å². The molecule has 0 aromatic carbocycles. The molecule has 2 aromatic heterocycles. The predicted molar refractivity (Wildman–Crippen MR) is 115 cm³/mol. The zero-order chi connectivity index (χ0) is 20.8. The molecule has 1 amide bonds. The van der Waals surface area contributed by atoms with Gasteiger partial charge in [0.05, 0.1) is 11.9 Å². The maximum atomic E-state index is 12.6. The van der Waals surface area contributed by atoms with Crippen LogP contribution in [0.25, 0.3) is 0 Å². The Morgan fingerprint density at radius 2 is 2.03 bits per heavy atom. The minimum Gasteiger partial charge on any atom is -0.357 e. The Morgan fingerprint density at radius 3 is 2.59 bits per heavy atom. The molecule has 0 unspecified atom stereocenters. The number of aryl methyl sites for hydroxylation is 1. The summed E-state index contributed by atoms with van der Waals surface area (Å²) in [5.74, 6) is 1.75. The van der Waals surface area contributed by atoms with Gasteiger partial charge in [0, 0.05) is 59.2 Å². The zero-order valence-electron chi connectivity index (χ0n) is 17.7. The number of hydrogen-bond acceptors (Lipinski definition) is 5. The van der Waals surface area contributed by atoms with Crippen molar-refractivity contribution >= 4 is 23.4 Å². The number of carbonyl (C=O) groups is 1. The summed E-state index contributed by atoms with van der Waals surface area (Å²) in [6.45, 7) is 8.33. The molecule has 3 heterocycles. The highest BCUT2D eigenvalue weighted by molar-refractivity contribution is 5.98. The van der Waals surface area contributed by atoms with Gasteiger partial charge in [-0.1, -0.05) is 6.07 Å². The van der Waals surface area contributed by atoms with Crippen molar-refractivity contribution < 1.29 is 4.79 Å². The average molecular weight is 399 g/mol. The van der Waals surface area contributed by atoms with Crippen LogP contribution in [0.2, 0.25) is 0 Å². The quantitative estimate of drug-likeness (QED) is 0.579. The highest BCUT2D eigenvalue weighted by Gasteiger charge is 2.27. The molecule has 0 atom stereocenters. The molecule has 0 aliphatic carbocycles. The molecular weight excluding hydrogens is 368 g/mol. The molecular formula is C20H30N8O. The van der Waals surface area contributed by atoms with Gasteiger partial charge in [0.25, 0.3) is 0 Å². The second-order valence-electron chi connectivity index (χ2n) is 6.94. The molecule has 29 heavy (non-hydrogen) atoms. The SMILES string of the molecule is CCN(CC)c1ccc(CNC(=NC)N2CCN(c3cnn(C)c3)C(=O)C2)cn1. The monoisotopic (exact) mass is 398 g/mol. The molecule has 0 bridgehead atoms. The van der Waals surface area contributed by atoms with E-state index in [0.29, 0.717) is 19.6 Å². The first-order valence-corrected chi connectivity index (χ1v) is 10.00. The minimum atomic E-state index is 0.0393. The van der Waals surface area contributed by atoms with Crippen molar-refractivity contribution in [1.82, 2.24) is 25.0 Å². The van der Waals surface area contributed by atoms with Crippen LogP contribution in [0.15, 0.2) is 35.7 Å². The van der Waals surface area contributed by atoms with Gasteiger partial charge < -0.3 is 20.0 Å². The smallest absolute Gasteiger partial charge is 0.246 e. The lowest BCUT2D eigenvalue weighted by atomic mass is 10.2. The molecule has 1 aliphatic heterocycles. The summed E-state index contributed by atoms with van der Waals surface area (Å²) in [4.78, 5) is 27.5. The van der Waals surface area contributed by atoms with Crippen molar-refractivity contribution in [2.24, 2.45) is 12.0 Å². The van der Waals surface area contributed by atoms with Gasteiger partial charge in [0.15, 0.2) is 5.96 Å². The lowest BCUT2D eigenvalue weighted by Crippen LogP contribution is -2.55. The normalized spacial score (nSPS) is 15.0. The van der Waals surface area contributed by atoms with Crippen molar-refractivity contribution in [2.75, 3.05) is 49.6 Å². The van der Waals surface area contributed by atoms with Crippen LogP contribution in [0, 0.1) is 0 Å². The number of nitrogens with one attached hydrogen (secondary N) is 1. The van der Waals surface area contributed by atoms with Crippen molar-refractivity contribution in [2.45, 2.75) is 20.4 Å². The molecule has 9 nitrogen and oxygen atoms in total. The third-order valence-electron chi connectivity index (χ3n) is 5.08. The van der Waals surface area contributed by atoms with E-state index in [1.54, 1.807) is 22.8 Å². The predicted octanol–water partition coefficient (Wildman–Crippen LogP) is 1.09. The van der Waals surface area contributed by atoms with E-state index in [2.05, 4.69) is 45.2 Å². The fraction of sp³-hybridized carbons (Fsp3) is 0.500. The zero-order valence-corrected chi connectivity index (χ0v) is 17.7. The Labute approximate surface area is 172 Å². The topological polar surface area (TPSA) is 81.9 Å². The van der Waals surface area contributed by atoms with Crippen LogP contribution in [0.5, 0.6) is 0 Å². The molecule has 3 rings (SSSR count). The van der Waals surface area contributed by atoms with Crippen LogP contribution in [0.3, 0.4) is 0 Å². The van der Waals surface area contributed by atoms with Crippen LogP contribution in [0.1, 0.15) is 19.4 Å². The molecule has 9 heteroatoms. The van der Waals surface area contributed by atoms with Crippen LogP contribution in [0.4, 0.5) is 11.5 Å². The summed E-state index contributed by atoms with van der Waals surface area (Å²) in [6.07, 6.45) is 5.46. The summed E-state index contributed by atoms with van der Waals surface area (Å²) >= 11 is 0. The van der Waals surface area contributed by atoms with Gasteiger partial charge >= 0.3 is 0 Å². The first-order valence-electron chi connectivity index (χ1n) is 10.00. The molecule has 1 fully saturated rings. The number of pyridine rings is 1. The van der Waals surface area contributed by atoms with Crippen molar-refractivity contribution in [3.05, 3.63) is 36.3 Å². The second kappa shape index (κ2) is 9.40. The van der Waals surface area contributed by atoms with E-state index in [1.807, 2.05) is 30.4 Å². The van der Waals surface area contributed by atoms with Crippen molar-refractivity contribution in [3.8, 4) is 0 Å². The average Bonchev–Trinajstić information content (AvgIpc) is 3.16. The van der Waals surface area contributed by atoms with Gasteiger partial charge in [-0.2, -0.15) is 5.10 Å². The summed E-state index contributed by atoms with van der Waals surface area (Å²) in [5.41, 5.74) is 1.90. The fourth-order valence-electron chi connectivity index (χ4n) is 3.44. The Balaban J connectivity index is 1.56. The summed E-state index contributed by atoms with van der Waals surface area (Å²) in [7, 11) is 3.58. The van der Waals surface area contributed by atoms with Gasteiger partial charge in [-0.05, 0) is 25.5 Å². The Bertz CT molecular complexity index is 840. The highest BCUT2D eigenvalue weighted by atomic mass is 16.2. The summed E-state index contributed by atoms with van der Waals surface area (Å²) in [5, 5.41) is 7.50. The van der Waals surface area contributed by atoms with Gasteiger partial charge in [0.1, 0.15) is 12.4 Å². The number of nitrogens with zero attached hydrogens (tertiary/aromatic N) is 7. The number of piperazine rings is 1. The van der Waals surface area contributed by atoms with Crippen LogP contribution >= 0.6 is 0 Å². The third-order valence-corrected chi connectivity index (χ3v) is 5.08. The van der Waals surface area contributed by atoms with Gasteiger partial charge in [0.2, 0.25) is 5.91 Å². The van der Waals surface area contributed by atoms with Gasteiger partial charge in [-0.25, -0.2) is 4.98 Å². The van der Waals surface area contributed by atoms with Crippen molar-refractivity contribution in [1.29, 1.82) is 0 Å². The number of aromatic nitrogens is 3. The van der Waals surface area contributed by atoms with Crippen LogP contribution in [-0.2, 0) is 18.4 Å². The first-order chi connectivity index (χ1) is 14.0. The number of anilines is 2. The number of rotatable bonds is 6. The third kappa shape index (κ3) is 4.85. The molecule has 0 spiro atoms. The molecule has 156 valence electrons. The Hall–Kier alpha value is -3.10. The van der Waals surface area contributed by atoms with E-state index in [9.17, 15) is 4.79 Å². The number of guanidine groups is 1. The molecule has 0 saturated carbocycles. The highest BCUT2D eigenvalue weighted by Crippen LogP contribution is 2.16. The Kier molecular flexibility index (Phi) is 6.69.